The minimum atomic E-state index is -2.04. The number of carboxylic acid groups (broad SMARTS) is 1. The number of aliphatic carboxylic acids is 1. The Kier molecular flexibility index (Phi) is 19.3. The number of aliphatic hydroxyl groups is 14. The van der Waals surface area contributed by atoms with Crippen molar-refractivity contribution in [2.75, 3.05) is 39.6 Å². The van der Waals surface area contributed by atoms with E-state index < -0.39 is 196 Å². The first kappa shape index (κ1) is 66.2. The van der Waals surface area contributed by atoms with Gasteiger partial charge in [0, 0.05) is 12.0 Å². The number of rotatable bonds is 17. The highest BCUT2D eigenvalue weighted by molar-refractivity contribution is 5.74. The van der Waals surface area contributed by atoms with Crippen molar-refractivity contribution in [2.45, 2.75) is 248 Å². The maximum absolute atomic E-state index is 12.7. The lowest BCUT2D eigenvalue weighted by molar-refractivity contribution is -0.392. The molecule has 9 rings (SSSR count). The summed E-state index contributed by atoms with van der Waals surface area (Å²) < 4.78 is 54.3. The van der Waals surface area contributed by atoms with Crippen LogP contribution in [0.5, 0.6) is 0 Å². The van der Waals surface area contributed by atoms with Gasteiger partial charge in [-0.15, -0.1) is 0 Å². The smallest absolute Gasteiger partial charge is 0.309 e. The molecular formula is C58H94O26. The molecule has 15 N–H and O–H groups in total. The minimum absolute atomic E-state index is 0.0233. The average molecular weight is 1210 g/mol. The highest BCUT2D eigenvalue weighted by Crippen LogP contribution is 2.76. The van der Waals surface area contributed by atoms with Gasteiger partial charge < -0.3 is 119 Å². The zero-order chi connectivity index (χ0) is 61.6. The van der Waals surface area contributed by atoms with E-state index in [1.807, 2.05) is 0 Å². The third kappa shape index (κ3) is 11.6. The van der Waals surface area contributed by atoms with E-state index in [1.54, 1.807) is 0 Å². The van der Waals surface area contributed by atoms with Crippen molar-refractivity contribution >= 4 is 11.9 Å². The fourth-order valence-electron chi connectivity index (χ4n) is 17.2. The van der Waals surface area contributed by atoms with Gasteiger partial charge in [0.05, 0.1) is 63.7 Å². The van der Waals surface area contributed by atoms with E-state index in [1.165, 1.54) is 5.57 Å². The standard InChI is InChI=1S/C58H94O26/c1-52(2)32-10-13-56(6)33(9-8-26-27-16-53(3,24-61)14-15-58(27,25-62)34(63)17-57(26,56)7)55(32,5)12-11-35(52)82-50-46(84-49-45(74)42(71)38(67)28(20-59)79-49)41(70)31(23-77-50)81-51-47(43(72)39(68)29(21-60)80-51)83-48-44(73)40(69)30(22-76-48)78-37(66)19-54(4,75)18-36(64)65/h8,27-35,38-51,59-63,67-75H,9-25H2,1-7H3,(H,64,65). The molecule has 5 aliphatic carbocycles. The van der Waals surface area contributed by atoms with E-state index in [0.717, 1.165) is 26.2 Å². The number of esters is 1. The predicted octanol–water partition coefficient (Wildman–Crippen LogP) is -2.17. The number of aliphatic hydroxyl groups excluding tert-OH is 13. The van der Waals surface area contributed by atoms with Crippen LogP contribution < -0.4 is 0 Å². The summed E-state index contributed by atoms with van der Waals surface area (Å²) in [4.78, 5) is 23.8. The molecule has 26 nitrogen and oxygen atoms in total. The van der Waals surface area contributed by atoms with Crippen molar-refractivity contribution in [1.29, 1.82) is 0 Å². The van der Waals surface area contributed by atoms with Crippen LogP contribution >= 0.6 is 0 Å². The molecule has 84 heavy (non-hydrogen) atoms. The summed E-state index contributed by atoms with van der Waals surface area (Å²) in [6, 6.07) is 0. The second-order valence-corrected chi connectivity index (χ2v) is 28.0. The summed E-state index contributed by atoms with van der Waals surface area (Å²) in [5.74, 6) is -2.37. The Hall–Kier alpha value is -2.20. The summed E-state index contributed by atoms with van der Waals surface area (Å²) in [7, 11) is 0. The van der Waals surface area contributed by atoms with Gasteiger partial charge in [0.15, 0.2) is 31.3 Å². The number of hydrogen-bond acceptors (Lipinski definition) is 25. The van der Waals surface area contributed by atoms with E-state index in [0.29, 0.717) is 38.5 Å². The lowest BCUT2D eigenvalue weighted by Crippen LogP contribution is -2.68. The van der Waals surface area contributed by atoms with Gasteiger partial charge in [-0.25, -0.2) is 0 Å². The van der Waals surface area contributed by atoms with Crippen LogP contribution in [0.4, 0.5) is 0 Å². The molecule has 0 aromatic heterocycles. The van der Waals surface area contributed by atoms with E-state index in [4.69, 9.17) is 47.7 Å². The topological polar surface area (TPSA) is 421 Å². The van der Waals surface area contributed by atoms with Gasteiger partial charge in [-0.3, -0.25) is 9.59 Å². The SMILES string of the molecule is CC(O)(CC(=O)O)CC(=O)OC1COC(OC2C(OC3COC(OC4CCC5(C)C(CCC6(C)C5CC=C5C7CC(C)(CO)CCC7(CO)C(O)CC56C)C4(C)C)C(OC4OC(CO)C(O)C(O)C4O)C3O)OC(CO)C(O)C2O)C(O)C1O. The zero-order valence-electron chi connectivity index (χ0n) is 49.1. The molecule has 4 aliphatic heterocycles. The highest BCUT2D eigenvalue weighted by Gasteiger charge is 2.70. The number of allylic oxidation sites excluding steroid dienone is 2. The molecule has 482 valence electrons. The first-order chi connectivity index (χ1) is 39.3. The third-order valence-corrected chi connectivity index (χ3v) is 22.4. The molecule has 0 amide bonds. The molecule has 29 atom stereocenters. The Morgan fingerprint density at radius 1 is 0.619 bits per heavy atom. The van der Waals surface area contributed by atoms with Gasteiger partial charge in [-0.1, -0.05) is 53.2 Å². The lowest BCUT2D eigenvalue weighted by atomic mass is 9.33. The molecule has 8 fully saturated rings. The summed E-state index contributed by atoms with van der Waals surface area (Å²) >= 11 is 0. The minimum Gasteiger partial charge on any atom is -0.481 e. The van der Waals surface area contributed by atoms with Gasteiger partial charge >= 0.3 is 11.9 Å². The van der Waals surface area contributed by atoms with Crippen molar-refractivity contribution < 1.29 is 129 Å². The highest BCUT2D eigenvalue weighted by atomic mass is 16.8. The molecule has 4 saturated carbocycles. The molecule has 0 aromatic rings. The average Bonchev–Trinajstić information content (AvgIpc) is 0.936. The zero-order valence-corrected chi connectivity index (χ0v) is 49.1. The number of carbonyl (C=O) groups excluding carboxylic acids is 1. The number of carboxylic acids is 1. The molecule has 0 aromatic carbocycles. The fourth-order valence-corrected chi connectivity index (χ4v) is 17.2. The molecule has 0 spiro atoms. The van der Waals surface area contributed by atoms with Crippen LogP contribution in [0.25, 0.3) is 0 Å². The number of ether oxygens (including phenoxy) is 9. The Bertz CT molecular complexity index is 2340. The Morgan fingerprint density at radius 2 is 1.23 bits per heavy atom. The fraction of sp³-hybridized carbons (Fsp3) is 0.931. The van der Waals surface area contributed by atoms with E-state index in [-0.39, 0.29) is 47.2 Å². The Labute approximate surface area is 488 Å². The number of carbonyl (C=O) groups is 2. The van der Waals surface area contributed by atoms with E-state index in [2.05, 4.69) is 47.6 Å². The Balaban J connectivity index is 0.939. The van der Waals surface area contributed by atoms with Gasteiger partial charge in [-0.05, 0) is 110 Å². The normalized spacial score (nSPS) is 51.0. The molecule has 9 aliphatic rings. The number of hydrogen-bond donors (Lipinski definition) is 15. The predicted molar refractivity (Wildman–Crippen MR) is 285 cm³/mol. The van der Waals surface area contributed by atoms with Crippen LogP contribution in [0.2, 0.25) is 0 Å². The summed E-state index contributed by atoms with van der Waals surface area (Å²) in [5.41, 5.74) is -3.24. The second kappa shape index (κ2) is 24.5. The Morgan fingerprint density at radius 3 is 1.87 bits per heavy atom. The van der Waals surface area contributed by atoms with Crippen LogP contribution in [0.15, 0.2) is 11.6 Å². The number of fused-ring (bicyclic) bond motifs is 7. The summed E-state index contributed by atoms with van der Waals surface area (Å²) in [5, 5.41) is 163. The van der Waals surface area contributed by atoms with Crippen molar-refractivity contribution in [3.8, 4) is 0 Å². The largest absolute Gasteiger partial charge is 0.481 e. The maximum atomic E-state index is 12.7. The first-order valence-corrected chi connectivity index (χ1v) is 29.9. The van der Waals surface area contributed by atoms with Crippen LogP contribution in [0, 0.1) is 50.2 Å². The molecular weight excluding hydrogens is 1110 g/mol. The molecule has 29 unspecified atom stereocenters. The van der Waals surface area contributed by atoms with Crippen LogP contribution in [0.1, 0.15) is 119 Å². The van der Waals surface area contributed by atoms with Crippen molar-refractivity contribution in [3.63, 3.8) is 0 Å². The van der Waals surface area contributed by atoms with Gasteiger partial charge in [0.2, 0.25) is 0 Å². The molecule has 0 bridgehead atoms. The first-order valence-electron chi connectivity index (χ1n) is 29.9. The maximum Gasteiger partial charge on any atom is 0.309 e. The molecule has 4 saturated heterocycles. The van der Waals surface area contributed by atoms with Gasteiger partial charge in [0.1, 0.15) is 79.4 Å². The second-order valence-electron chi connectivity index (χ2n) is 28.0. The van der Waals surface area contributed by atoms with Gasteiger partial charge in [-0.2, -0.15) is 0 Å². The monoisotopic (exact) mass is 1210 g/mol. The van der Waals surface area contributed by atoms with E-state index >= 15 is 0 Å². The molecule has 4 heterocycles. The molecule has 0 radical (unpaired) electrons. The van der Waals surface area contributed by atoms with Crippen molar-refractivity contribution in [2.24, 2.45) is 50.2 Å². The quantitative estimate of drug-likeness (QED) is 0.0418. The molecule has 26 heteroatoms. The van der Waals surface area contributed by atoms with Crippen molar-refractivity contribution in [1.82, 2.24) is 0 Å². The van der Waals surface area contributed by atoms with Gasteiger partial charge in [0.25, 0.3) is 0 Å². The summed E-state index contributed by atoms with van der Waals surface area (Å²) in [6.07, 6.45) is -26.1. The van der Waals surface area contributed by atoms with Crippen LogP contribution in [-0.4, -0.2) is 257 Å². The van der Waals surface area contributed by atoms with Crippen LogP contribution in [0.3, 0.4) is 0 Å². The lowest BCUT2D eigenvalue weighted by Gasteiger charge is -2.72. The van der Waals surface area contributed by atoms with E-state index in [9.17, 15) is 81.1 Å². The summed E-state index contributed by atoms with van der Waals surface area (Å²) in [6.45, 7) is 11.6. The van der Waals surface area contributed by atoms with Crippen molar-refractivity contribution in [3.05, 3.63) is 11.6 Å². The third-order valence-electron chi connectivity index (χ3n) is 22.4. The van der Waals surface area contributed by atoms with Crippen LogP contribution in [-0.2, 0) is 52.2 Å².